The van der Waals surface area contributed by atoms with Gasteiger partial charge >= 0.3 is 0 Å². The first-order valence-corrected chi connectivity index (χ1v) is 11.4. The SMILES string of the molecule is CCC(=NOCc1ccc(OC)cc1)c1ccc(OCC(=O)N2CCC3(CC2)CC3)cc1. The van der Waals surface area contributed by atoms with E-state index in [4.69, 9.17) is 14.3 Å². The number of benzene rings is 2. The third kappa shape index (κ3) is 5.61. The minimum absolute atomic E-state index is 0.0762. The van der Waals surface area contributed by atoms with Crippen molar-refractivity contribution in [3.8, 4) is 11.5 Å². The zero-order valence-corrected chi connectivity index (χ0v) is 19.0. The monoisotopic (exact) mass is 436 g/mol. The van der Waals surface area contributed by atoms with Gasteiger partial charge in [0.25, 0.3) is 5.91 Å². The van der Waals surface area contributed by atoms with E-state index in [1.54, 1.807) is 7.11 Å². The number of carbonyl (C=O) groups excluding carboxylic acids is 1. The quantitative estimate of drug-likeness (QED) is 0.418. The Kier molecular flexibility index (Phi) is 6.98. The van der Waals surface area contributed by atoms with Gasteiger partial charge in [0.05, 0.1) is 12.8 Å². The first kappa shape index (κ1) is 22.2. The average Bonchev–Trinajstić information content (AvgIpc) is 3.60. The van der Waals surface area contributed by atoms with Crippen molar-refractivity contribution < 1.29 is 19.1 Å². The summed E-state index contributed by atoms with van der Waals surface area (Å²) in [6.45, 7) is 4.27. The highest BCUT2D eigenvalue weighted by Crippen LogP contribution is 2.53. The number of amides is 1. The van der Waals surface area contributed by atoms with Gasteiger partial charge in [0.1, 0.15) is 18.1 Å². The van der Waals surface area contributed by atoms with Gasteiger partial charge in [-0.2, -0.15) is 0 Å². The van der Waals surface area contributed by atoms with E-state index >= 15 is 0 Å². The van der Waals surface area contributed by atoms with Crippen LogP contribution in [-0.2, 0) is 16.2 Å². The summed E-state index contributed by atoms with van der Waals surface area (Å²) < 4.78 is 10.9. The van der Waals surface area contributed by atoms with Gasteiger partial charge in [-0.05, 0) is 85.0 Å². The molecule has 0 radical (unpaired) electrons. The van der Waals surface area contributed by atoms with Gasteiger partial charge in [0, 0.05) is 13.1 Å². The summed E-state index contributed by atoms with van der Waals surface area (Å²) in [4.78, 5) is 20.0. The van der Waals surface area contributed by atoms with Crippen molar-refractivity contribution in [3.63, 3.8) is 0 Å². The second kappa shape index (κ2) is 10.1. The molecule has 0 atom stereocenters. The molecule has 0 aromatic heterocycles. The maximum Gasteiger partial charge on any atom is 0.260 e. The van der Waals surface area contributed by atoms with Crippen molar-refractivity contribution >= 4 is 11.6 Å². The van der Waals surface area contributed by atoms with Crippen molar-refractivity contribution in [2.45, 2.75) is 45.6 Å². The Balaban J connectivity index is 1.25. The highest BCUT2D eigenvalue weighted by Gasteiger charge is 2.45. The zero-order valence-electron chi connectivity index (χ0n) is 19.0. The van der Waals surface area contributed by atoms with Gasteiger partial charge in [0.2, 0.25) is 0 Å². The van der Waals surface area contributed by atoms with E-state index < -0.39 is 0 Å². The number of oxime groups is 1. The van der Waals surface area contributed by atoms with Crippen LogP contribution in [0, 0.1) is 5.41 Å². The lowest BCUT2D eigenvalue weighted by atomic mass is 9.94. The number of ether oxygens (including phenoxy) is 2. The van der Waals surface area contributed by atoms with Crippen LogP contribution in [0.2, 0.25) is 0 Å². The molecule has 32 heavy (non-hydrogen) atoms. The normalized spacial score (nSPS) is 17.2. The summed E-state index contributed by atoms with van der Waals surface area (Å²) in [6, 6.07) is 15.4. The van der Waals surface area contributed by atoms with Crippen molar-refractivity contribution in [1.82, 2.24) is 4.90 Å². The molecule has 1 saturated heterocycles. The molecular weight excluding hydrogens is 404 g/mol. The van der Waals surface area contributed by atoms with Crippen LogP contribution < -0.4 is 9.47 Å². The summed E-state index contributed by atoms with van der Waals surface area (Å²) in [7, 11) is 1.65. The number of methoxy groups -OCH3 is 1. The van der Waals surface area contributed by atoms with Crippen LogP contribution in [0.25, 0.3) is 0 Å². The number of hydrogen-bond donors (Lipinski definition) is 0. The second-order valence-electron chi connectivity index (χ2n) is 8.71. The topological polar surface area (TPSA) is 60.4 Å². The van der Waals surface area contributed by atoms with Crippen LogP contribution in [0.5, 0.6) is 11.5 Å². The Labute approximate surface area is 190 Å². The molecular formula is C26H32N2O4. The van der Waals surface area contributed by atoms with Crippen molar-refractivity contribution in [1.29, 1.82) is 0 Å². The van der Waals surface area contributed by atoms with E-state index in [1.165, 1.54) is 12.8 Å². The molecule has 1 amide bonds. The molecule has 0 unspecified atom stereocenters. The van der Waals surface area contributed by atoms with Gasteiger partial charge in [0.15, 0.2) is 6.61 Å². The van der Waals surface area contributed by atoms with E-state index in [0.29, 0.717) is 17.8 Å². The predicted molar refractivity (Wildman–Crippen MR) is 124 cm³/mol. The molecule has 170 valence electrons. The molecule has 2 aromatic rings. The maximum absolute atomic E-state index is 12.5. The molecule has 1 aliphatic heterocycles. The molecule has 1 saturated carbocycles. The highest BCUT2D eigenvalue weighted by atomic mass is 16.6. The summed E-state index contributed by atoms with van der Waals surface area (Å²) in [6.07, 6.45) is 5.72. The van der Waals surface area contributed by atoms with E-state index in [9.17, 15) is 4.79 Å². The van der Waals surface area contributed by atoms with Gasteiger partial charge in [-0.25, -0.2) is 0 Å². The lowest BCUT2D eigenvalue weighted by molar-refractivity contribution is -0.134. The van der Waals surface area contributed by atoms with Crippen LogP contribution in [-0.4, -0.2) is 43.3 Å². The van der Waals surface area contributed by atoms with E-state index in [0.717, 1.165) is 54.9 Å². The number of hydrogen-bond acceptors (Lipinski definition) is 5. The molecule has 2 aliphatic rings. The van der Waals surface area contributed by atoms with E-state index in [-0.39, 0.29) is 12.5 Å². The van der Waals surface area contributed by atoms with Gasteiger partial charge in [-0.15, -0.1) is 0 Å². The van der Waals surface area contributed by atoms with Crippen LogP contribution in [0.3, 0.4) is 0 Å². The molecule has 1 aliphatic carbocycles. The lowest BCUT2D eigenvalue weighted by Crippen LogP contribution is -2.41. The zero-order chi connectivity index (χ0) is 22.4. The Morgan fingerprint density at radius 2 is 1.62 bits per heavy atom. The summed E-state index contributed by atoms with van der Waals surface area (Å²) in [5, 5.41) is 4.32. The summed E-state index contributed by atoms with van der Waals surface area (Å²) >= 11 is 0. The van der Waals surface area contributed by atoms with Crippen molar-refractivity contribution in [2.75, 3.05) is 26.8 Å². The molecule has 2 aromatic carbocycles. The van der Waals surface area contributed by atoms with E-state index in [1.807, 2.05) is 60.4 Å². The third-order valence-electron chi connectivity index (χ3n) is 6.58. The minimum Gasteiger partial charge on any atom is -0.497 e. The minimum atomic E-state index is 0.0762. The Bertz CT molecular complexity index is 923. The molecule has 2 fully saturated rings. The molecule has 1 spiro atoms. The Morgan fingerprint density at radius 3 is 2.22 bits per heavy atom. The molecule has 1 heterocycles. The number of likely N-dealkylation sites (tertiary alicyclic amines) is 1. The van der Waals surface area contributed by atoms with Crippen molar-refractivity contribution in [2.24, 2.45) is 10.6 Å². The fourth-order valence-corrected chi connectivity index (χ4v) is 4.12. The van der Waals surface area contributed by atoms with Gasteiger partial charge < -0.3 is 19.2 Å². The summed E-state index contributed by atoms with van der Waals surface area (Å²) in [5.74, 6) is 1.58. The second-order valence-corrected chi connectivity index (χ2v) is 8.71. The lowest BCUT2D eigenvalue weighted by Gasteiger charge is -2.32. The Morgan fingerprint density at radius 1 is 0.969 bits per heavy atom. The van der Waals surface area contributed by atoms with E-state index in [2.05, 4.69) is 5.16 Å². The summed E-state index contributed by atoms with van der Waals surface area (Å²) in [5.41, 5.74) is 3.44. The van der Waals surface area contributed by atoms with Crippen LogP contribution in [0.4, 0.5) is 0 Å². The smallest absolute Gasteiger partial charge is 0.260 e. The number of piperidine rings is 1. The van der Waals surface area contributed by atoms with Crippen LogP contribution in [0.1, 0.15) is 50.2 Å². The molecule has 6 heteroatoms. The fourth-order valence-electron chi connectivity index (χ4n) is 4.12. The number of nitrogens with zero attached hydrogens (tertiary/aromatic N) is 2. The highest BCUT2D eigenvalue weighted by molar-refractivity contribution is 6.00. The van der Waals surface area contributed by atoms with Crippen LogP contribution >= 0.6 is 0 Å². The largest absolute Gasteiger partial charge is 0.497 e. The van der Waals surface area contributed by atoms with Crippen LogP contribution in [0.15, 0.2) is 53.7 Å². The fraction of sp³-hybridized carbons (Fsp3) is 0.462. The standard InChI is InChI=1S/C26H32N2O4/c1-3-24(27-32-18-20-4-8-22(30-2)9-5-20)21-6-10-23(11-7-21)31-19-25(29)28-16-14-26(12-13-26)15-17-28/h4-11H,3,12-19H2,1-2H3. The molecule has 4 rings (SSSR count). The van der Waals surface area contributed by atoms with Crippen molar-refractivity contribution in [3.05, 3.63) is 59.7 Å². The first-order valence-electron chi connectivity index (χ1n) is 11.4. The maximum atomic E-state index is 12.5. The first-order chi connectivity index (χ1) is 15.6. The Hall–Kier alpha value is -3.02. The molecule has 0 N–H and O–H groups in total. The predicted octanol–water partition coefficient (Wildman–Crippen LogP) is 4.81. The average molecular weight is 437 g/mol. The molecule has 6 nitrogen and oxygen atoms in total. The number of rotatable bonds is 9. The van der Waals surface area contributed by atoms with Gasteiger partial charge in [-0.1, -0.05) is 24.2 Å². The number of carbonyl (C=O) groups is 1. The third-order valence-corrected chi connectivity index (χ3v) is 6.58. The molecule has 0 bridgehead atoms. The van der Waals surface area contributed by atoms with Gasteiger partial charge in [-0.3, -0.25) is 4.79 Å².